The van der Waals surface area contributed by atoms with Gasteiger partial charge in [-0.3, -0.25) is 4.79 Å². The van der Waals surface area contributed by atoms with Crippen LogP contribution in [0.1, 0.15) is 12.8 Å². The Labute approximate surface area is 103 Å². The van der Waals surface area contributed by atoms with Crippen LogP contribution in [-0.4, -0.2) is 75.4 Å². The molecular weight excluding hydrogens is 248 g/mol. The zero-order valence-electron chi connectivity index (χ0n) is 9.68. The highest BCUT2D eigenvalue weighted by Crippen LogP contribution is 2.21. The largest absolute Gasteiger partial charge is 0.481 e. The summed E-state index contributed by atoms with van der Waals surface area (Å²) < 4.78 is 10.1. The first-order valence-corrected chi connectivity index (χ1v) is 5.61. The Bertz CT molecular complexity index is 269. The number of ether oxygens (including phenoxy) is 2. The zero-order chi connectivity index (χ0) is 13.7. The Hall–Kier alpha value is -0.770. The van der Waals surface area contributed by atoms with Crippen LogP contribution in [0.25, 0.3) is 0 Å². The monoisotopic (exact) mass is 266 g/mol. The minimum absolute atomic E-state index is 0.0228. The molecule has 0 spiro atoms. The summed E-state index contributed by atoms with van der Waals surface area (Å²) >= 11 is 0. The lowest BCUT2D eigenvalue weighted by atomic mass is 9.99. The number of hydrogen-bond donors (Lipinski definition) is 5. The molecule has 1 aliphatic rings. The number of carboxylic acid groups (broad SMARTS) is 1. The zero-order valence-corrected chi connectivity index (χ0v) is 9.68. The van der Waals surface area contributed by atoms with Crippen molar-refractivity contribution in [3.8, 4) is 0 Å². The van der Waals surface area contributed by atoms with Crippen LogP contribution in [0.2, 0.25) is 0 Å². The van der Waals surface area contributed by atoms with Gasteiger partial charge in [0.2, 0.25) is 0 Å². The third kappa shape index (κ3) is 3.87. The fourth-order valence-electron chi connectivity index (χ4n) is 1.63. The van der Waals surface area contributed by atoms with E-state index in [1.54, 1.807) is 0 Å². The first-order valence-electron chi connectivity index (χ1n) is 5.61. The average molecular weight is 266 g/mol. The Balaban J connectivity index is 2.41. The maximum atomic E-state index is 10.3. The van der Waals surface area contributed by atoms with Crippen molar-refractivity contribution in [2.75, 3.05) is 13.2 Å². The Kier molecular flexibility index (Phi) is 5.93. The highest BCUT2D eigenvalue weighted by molar-refractivity contribution is 5.66. The van der Waals surface area contributed by atoms with E-state index in [-0.39, 0.29) is 19.4 Å². The molecule has 5 atom stereocenters. The molecule has 1 rings (SSSR count). The van der Waals surface area contributed by atoms with Gasteiger partial charge in [0.25, 0.3) is 0 Å². The van der Waals surface area contributed by atoms with E-state index in [4.69, 9.17) is 19.7 Å². The van der Waals surface area contributed by atoms with E-state index in [0.29, 0.717) is 0 Å². The molecule has 0 saturated carbocycles. The first-order chi connectivity index (χ1) is 8.47. The Morgan fingerprint density at radius 3 is 2.39 bits per heavy atom. The number of aliphatic hydroxyl groups excluding tert-OH is 4. The quantitative estimate of drug-likeness (QED) is 0.337. The second-order valence-corrected chi connectivity index (χ2v) is 4.07. The molecule has 106 valence electrons. The number of aliphatic hydroxyl groups is 4. The second kappa shape index (κ2) is 6.98. The van der Waals surface area contributed by atoms with Crippen LogP contribution >= 0.6 is 0 Å². The SMILES string of the molecule is O=C(O)CCCO[C@@H]1O[C@H](CO)[C@@H](O)[C@H](O)[C@@H]1O. The molecule has 0 aromatic carbocycles. The molecule has 1 heterocycles. The van der Waals surface area contributed by atoms with Crippen LogP contribution < -0.4 is 0 Å². The lowest BCUT2D eigenvalue weighted by molar-refractivity contribution is -0.301. The fraction of sp³-hybridized carbons (Fsp3) is 0.900. The number of carboxylic acids is 1. The summed E-state index contributed by atoms with van der Waals surface area (Å²) in [6.45, 7) is -0.505. The summed E-state index contributed by atoms with van der Waals surface area (Å²) in [5, 5.41) is 45.8. The summed E-state index contributed by atoms with van der Waals surface area (Å²) in [7, 11) is 0. The van der Waals surface area contributed by atoms with E-state index in [2.05, 4.69) is 0 Å². The molecule has 0 radical (unpaired) electrons. The number of rotatable bonds is 6. The molecule has 8 nitrogen and oxygen atoms in total. The van der Waals surface area contributed by atoms with Crippen LogP contribution in [0.3, 0.4) is 0 Å². The van der Waals surface area contributed by atoms with Gasteiger partial charge in [-0.25, -0.2) is 0 Å². The molecular formula is C10H18O8. The van der Waals surface area contributed by atoms with E-state index in [1.807, 2.05) is 0 Å². The van der Waals surface area contributed by atoms with Crippen molar-refractivity contribution in [1.29, 1.82) is 0 Å². The molecule has 0 amide bonds. The molecule has 1 fully saturated rings. The standard InChI is InChI=1S/C10H18O8/c11-4-5-7(14)8(15)9(16)10(18-5)17-3-1-2-6(12)13/h5,7-11,14-16H,1-4H2,(H,12,13)/t5-,7-,8+,9+,10-/m1/s1. The van der Waals surface area contributed by atoms with Crippen molar-refractivity contribution >= 4 is 5.97 Å². The van der Waals surface area contributed by atoms with Crippen molar-refractivity contribution < 1.29 is 39.8 Å². The van der Waals surface area contributed by atoms with E-state index in [9.17, 15) is 20.1 Å². The maximum absolute atomic E-state index is 10.3. The Morgan fingerprint density at radius 1 is 1.17 bits per heavy atom. The normalized spacial score (nSPS) is 36.6. The number of aliphatic carboxylic acids is 1. The summed E-state index contributed by atoms with van der Waals surface area (Å²) in [6.07, 6.45) is -6.44. The van der Waals surface area contributed by atoms with E-state index in [0.717, 1.165) is 0 Å². The van der Waals surface area contributed by atoms with Gasteiger partial charge in [0, 0.05) is 6.42 Å². The van der Waals surface area contributed by atoms with Crippen molar-refractivity contribution in [1.82, 2.24) is 0 Å². The summed E-state index contributed by atoms with van der Waals surface area (Å²) in [5.41, 5.74) is 0. The van der Waals surface area contributed by atoms with Gasteiger partial charge in [-0.15, -0.1) is 0 Å². The van der Waals surface area contributed by atoms with Crippen LogP contribution in [0.15, 0.2) is 0 Å². The lowest BCUT2D eigenvalue weighted by Crippen LogP contribution is -2.59. The van der Waals surface area contributed by atoms with Gasteiger partial charge < -0.3 is 35.0 Å². The predicted molar refractivity (Wildman–Crippen MR) is 56.6 cm³/mol. The number of carbonyl (C=O) groups is 1. The highest BCUT2D eigenvalue weighted by Gasteiger charge is 2.43. The van der Waals surface area contributed by atoms with Gasteiger partial charge in [-0.2, -0.15) is 0 Å². The molecule has 5 N–H and O–H groups in total. The summed E-state index contributed by atoms with van der Waals surface area (Å²) in [4.78, 5) is 10.3. The van der Waals surface area contributed by atoms with E-state index >= 15 is 0 Å². The van der Waals surface area contributed by atoms with E-state index < -0.39 is 43.3 Å². The number of hydrogen-bond acceptors (Lipinski definition) is 7. The third-order valence-corrected chi connectivity index (χ3v) is 2.67. The molecule has 0 aromatic heterocycles. The van der Waals surface area contributed by atoms with Gasteiger partial charge in [-0.05, 0) is 6.42 Å². The molecule has 0 aliphatic carbocycles. The fourth-order valence-corrected chi connectivity index (χ4v) is 1.63. The first kappa shape index (κ1) is 15.3. The van der Waals surface area contributed by atoms with Crippen molar-refractivity contribution in [3.05, 3.63) is 0 Å². The summed E-state index contributed by atoms with van der Waals surface area (Å²) in [6, 6.07) is 0. The third-order valence-electron chi connectivity index (χ3n) is 2.67. The lowest BCUT2D eigenvalue weighted by Gasteiger charge is -2.39. The predicted octanol–water partition coefficient (Wildman–Crippen LogP) is -2.33. The smallest absolute Gasteiger partial charge is 0.303 e. The van der Waals surface area contributed by atoms with E-state index in [1.165, 1.54) is 0 Å². The van der Waals surface area contributed by atoms with Crippen molar-refractivity contribution in [2.45, 2.75) is 43.5 Å². The van der Waals surface area contributed by atoms with Crippen molar-refractivity contribution in [3.63, 3.8) is 0 Å². The average Bonchev–Trinajstić information content (AvgIpc) is 2.34. The summed E-state index contributed by atoms with van der Waals surface area (Å²) in [5.74, 6) is -0.965. The Morgan fingerprint density at radius 2 is 1.83 bits per heavy atom. The minimum atomic E-state index is -1.49. The molecule has 1 aliphatic heterocycles. The molecule has 8 heteroatoms. The van der Waals surface area contributed by atoms with Gasteiger partial charge in [0.1, 0.15) is 24.4 Å². The highest BCUT2D eigenvalue weighted by atomic mass is 16.7. The second-order valence-electron chi connectivity index (χ2n) is 4.07. The van der Waals surface area contributed by atoms with Crippen LogP contribution in [0, 0.1) is 0 Å². The molecule has 0 aromatic rings. The van der Waals surface area contributed by atoms with Gasteiger partial charge in [-0.1, -0.05) is 0 Å². The minimum Gasteiger partial charge on any atom is -0.481 e. The van der Waals surface area contributed by atoms with Crippen LogP contribution in [-0.2, 0) is 14.3 Å². The van der Waals surface area contributed by atoms with Gasteiger partial charge in [0.15, 0.2) is 6.29 Å². The maximum Gasteiger partial charge on any atom is 0.303 e. The molecule has 1 saturated heterocycles. The van der Waals surface area contributed by atoms with Gasteiger partial charge in [0.05, 0.1) is 13.2 Å². The van der Waals surface area contributed by atoms with Gasteiger partial charge >= 0.3 is 5.97 Å². The van der Waals surface area contributed by atoms with Crippen molar-refractivity contribution in [2.24, 2.45) is 0 Å². The molecule has 18 heavy (non-hydrogen) atoms. The topological polar surface area (TPSA) is 137 Å². The van der Waals surface area contributed by atoms with Crippen LogP contribution in [0.4, 0.5) is 0 Å². The molecule has 0 bridgehead atoms. The van der Waals surface area contributed by atoms with Crippen LogP contribution in [0.5, 0.6) is 0 Å². The molecule has 0 unspecified atom stereocenters.